The van der Waals surface area contributed by atoms with E-state index in [2.05, 4.69) is 88.4 Å². The molecule has 94 heavy (non-hydrogen) atoms. The number of imidazole rings is 1. The van der Waals surface area contributed by atoms with Crippen molar-refractivity contribution in [2.24, 2.45) is 23.5 Å². The lowest BCUT2D eigenvalue weighted by molar-refractivity contribution is -0.144. The SMILES string of the molecule is CC[C@H](C)[C@H](NC(=O)[C@H](Cc1ccccc1)NC(=O)[C@H](CS)NC(=O)[C@@H](NC(=O)[C@@H](N)CC(C)C)[C@@H](C)CC)C(=O)N[C@@H](CS)C(=O)N[C@@H](Cc1ccccc1)C(=O)N[C@@H](CO)C(=O)N1CCC[C@H]1C(=O)N[C@H](C(=O)N[C@@H](C)C(=O)N[C@@H](Cc1cnc[nH]1)C(=O)O)[C@@H](C)O. The molecule has 1 aliphatic heterocycles. The molecule has 0 aliphatic carbocycles. The van der Waals surface area contributed by atoms with E-state index in [-0.39, 0.29) is 62.0 Å². The molecule has 0 unspecified atom stereocenters. The molecule has 2 heterocycles. The zero-order valence-corrected chi connectivity index (χ0v) is 56.0. The molecule has 2 aromatic carbocycles. The Kier molecular flexibility index (Phi) is 32.4. The van der Waals surface area contributed by atoms with Crippen LogP contribution in [0.4, 0.5) is 0 Å². The number of aliphatic carboxylic acids is 1. The molecule has 0 bridgehead atoms. The first-order valence-corrected chi connectivity index (χ1v) is 32.7. The minimum Gasteiger partial charge on any atom is -0.480 e. The van der Waals surface area contributed by atoms with E-state index in [9.17, 15) is 72.9 Å². The number of aliphatic hydroxyl groups is 2. The molecular formula is C63H94N14O15S2. The van der Waals surface area contributed by atoms with Gasteiger partial charge in [-0.05, 0) is 62.0 Å². The third-order valence-corrected chi connectivity index (χ3v) is 16.9. The number of H-pyrrole nitrogens is 1. The Bertz CT molecular complexity index is 3020. The van der Waals surface area contributed by atoms with Gasteiger partial charge < -0.3 is 84.1 Å². The van der Waals surface area contributed by atoms with Crippen molar-refractivity contribution >= 4 is 96.2 Å². The predicted molar refractivity (Wildman–Crippen MR) is 353 cm³/mol. The van der Waals surface area contributed by atoms with Gasteiger partial charge in [0.05, 0.1) is 25.1 Å². The van der Waals surface area contributed by atoms with Gasteiger partial charge in [0.1, 0.15) is 66.5 Å². The Morgan fingerprint density at radius 1 is 0.574 bits per heavy atom. The normalized spacial score (nSPS) is 17.4. The number of aliphatic hydroxyl groups excluding tert-OH is 2. The van der Waals surface area contributed by atoms with Crippen LogP contribution in [0.2, 0.25) is 0 Å². The first-order valence-electron chi connectivity index (χ1n) is 31.5. The Labute approximate surface area is 558 Å². The van der Waals surface area contributed by atoms with Crippen molar-refractivity contribution in [3.8, 4) is 0 Å². The fourth-order valence-corrected chi connectivity index (χ4v) is 10.7. The van der Waals surface area contributed by atoms with Crippen molar-refractivity contribution in [3.05, 3.63) is 90.0 Å². The molecule has 4 rings (SSSR count). The van der Waals surface area contributed by atoms with Gasteiger partial charge in [-0.15, -0.1) is 0 Å². The minimum absolute atomic E-state index is 0.0448. The zero-order valence-electron chi connectivity index (χ0n) is 54.3. The van der Waals surface area contributed by atoms with Gasteiger partial charge in [-0.2, -0.15) is 25.3 Å². The summed E-state index contributed by atoms with van der Waals surface area (Å²) in [5.41, 5.74) is 7.71. The van der Waals surface area contributed by atoms with E-state index in [4.69, 9.17) is 5.73 Å². The summed E-state index contributed by atoms with van der Waals surface area (Å²) < 4.78 is 0. The number of carboxylic acids is 1. The summed E-state index contributed by atoms with van der Waals surface area (Å²) in [6, 6.07) is 0.767. The number of amides is 11. The molecular weight excluding hydrogens is 1260 g/mol. The van der Waals surface area contributed by atoms with Gasteiger partial charge in [-0.1, -0.05) is 115 Å². The average molecular weight is 1350 g/mol. The molecule has 1 aliphatic rings. The maximum absolute atomic E-state index is 14.5. The number of carbonyl (C=O) groups is 12. The van der Waals surface area contributed by atoms with Crippen molar-refractivity contribution in [2.45, 2.75) is 185 Å². The number of carbonyl (C=O) groups excluding carboxylic acids is 11. The quantitative estimate of drug-likeness (QED) is 0.0278. The summed E-state index contributed by atoms with van der Waals surface area (Å²) in [6.07, 6.45) is 2.24. The van der Waals surface area contributed by atoms with E-state index in [0.717, 1.165) is 4.90 Å². The minimum atomic E-state index is -1.70. The van der Waals surface area contributed by atoms with Crippen LogP contribution in [0.5, 0.6) is 0 Å². The van der Waals surface area contributed by atoms with Crippen LogP contribution < -0.4 is 58.9 Å². The van der Waals surface area contributed by atoms with Crippen molar-refractivity contribution in [1.29, 1.82) is 0 Å². The Morgan fingerprint density at radius 2 is 1.02 bits per heavy atom. The van der Waals surface area contributed by atoms with Gasteiger partial charge >= 0.3 is 5.97 Å². The van der Waals surface area contributed by atoms with Crippen LogP contribution in [-0.4, -0.2) is 204 Å². The maximum Gasteiger partial charge on any atom is 0.326 e. The molecule has 11 amide bonds. The first kappa shape index (κ1) is 78.3. The lowest BCUT2D eigenvalue weighted by atomic mass is 9.96. The highest BCUT2D eigenvalue weighted by molar-refractivity contribution is 7.80. The average Bonchev–Trinajstić information content (AvgIpc) is 1.64. The van der Waals surface area contributed by atoms with Crippen LogP contribution in [0.15, 0.2) is 73.2 Å². The molecule has 3 aromatic rings. The number of hydrogen-bond donors (Lipinski definition) is 17. The molecule has 29 nitrogen and oxygen atoms in total. The predicted octanol–water partition coefficient (Wildman–Crippen LogP) is -1.92. The molecule has 0 spiro atoms. The standard InChI is InChI=1S/C63H94N14O15S2/c1-9-34(5)49(74-53(81)41(64)24-33(3)4)59(87)72-47(31-94)57(85)69-43(26-39-20-15-12-16-21-39)55(83)75-50(35(6)10-2)60(88)73-46(30-93)56(84)68-42(25-38-18-13-11-14-19-38)54(82)71-45(29-78)62(90)77-23-17-22-48(77)58(86)76-51(37(8)79)61(89)67-36(7)52(80)70-44(63(91)92)27-40-28-65-32-66-40/h11-16,18-21,28,32-37,41-51,78-79,93-94H,9-10,17,22-27,29-31,64H2,1-8H3,(H,65,66)(H,67,89)(H,68,84)(H,69,85)(H,70,80)(H,71,82)(H,72,87)(H,73,88)(H,74,81)(H,75,83)(H,76,86)(H,91,92)/t34-,35-,36-,37+,41-,42-,43-,44-,45-,46-,47-,48-,49-,50-,51-/m0/s1. The molecule has 1 aromatic heterocycles. The van der Waals surface area contributed by atoms with Gasteiger partial charge in [-0.3, -0.25) is 52.7 Å². The van der Waals surface area contributed by atoms with Crippen molar-refractivity contribution in [3.63, 3.8) is 0 Å². The van der Waals surface area contributed by atoms with Gasteiger partial charge in [0.15, 0.2) is 0 Å². The van der Waals surface area contributed by atoms with Crippen molar-refractivity contribution in [2.75, 3.05) is 24.7 Å². The van der Waals surface area contributed by atoms with Crippen LogP contribution >= 0.6 is 25.3 Å². The number of nitrogens with two attached hydrogens (primary N) is 1. The highest BCUT2D eigenvalue weighted by Crippen LogP contribution is 2.20. The number of nitrogens with one attached hydrogen (secondary N) is 11. The van der Waals surface area contributed by atoms with Gasteiger partial charge in [0.25, 0.3) is 0 Å². The molecule has 16 N–H and O–H groups in total. The topological polar surface area (TPSA) is 444 Å². The first-order chi connectivity index (χ1) is 44.6. The lowest BCUT2D eigenvalue weighted by Gasteiger charge is -2.31. The third kappa shape index (κ3) is 24.0. The monoisotopic (exact) mass is 1350 g/mol. The number of nitrogens with zero attached hydrogens (tertiary/aromatic N) is 2. The molecule has 0 radical (unpaired) electrons. The fourth-order valence-electron chi connectivity index (χ4n) is 10.2. The Morgan fingerprint density at radius 3 is 1.46 bits per heavy atom. The zero-order chi connectivity index (χ0) is 69.9. The molecule has 31 heteroatoms. The van der Waals surface area contributed by atoms with Crippen LogP contribution in [0.1, 0.15) is 104 Å². The molecule has 0 saturated carbocycles. The number of thiol groups is 2. The summed E-state index contributed by atoms with van der Waals surface area (Å²) in [4.78, 5) is 173. The number of aromatic nitrogens is 2. The number of likely N-dealkylation sites (tertiary alicyclic amines) is 1. The van der Waals surface area contributed by atoms with Gasteiger partial charge in [0, 0.05) is 49.2 Å². The highest BCUT2D eigenvalue weighted by atomic mass is 32.1. The maximum atomic E-state index is 14.5. The number of benzene rings is 2. The second kappa shape index (κ2) is 38.9. The van der Waals surface area contributed by atoms with Gasteiger partial charge in [-0.25, -0.2) is 9.78 Å². The Hall–Kier alpha value is -8.13. The van der Waals surface area contributed by atoms with E-state index >= 15 is 0 Å². The highest BCUT2D eigenvalue weighted by Gasteiger charge is 2.42. The largest absolute Gasteiger partial charge is 0.480 e. The number of hydrogen-bond acceptors (Lipinski definition) is 18. The Balaban J connectivity index is 1.49. The van der Waals surface area contributed by atoms with Crippen molar-refractivity contribution in [1.82, 2.24) is 68.0 Å². The van der Waals surface area contributed by atoms with E-state index in [1.807, 2.05) is 20.8 Å². The number of aromatic amines is 1. The molecule has 1 fully saturated rings. The van der Waals surface area contributed by atoms with Gasteiger partial charge in [0.2, 0.25) is 65.0 Å². The van der Waals surface area contributed by atoms with Crippen LogP contribution in [0, 0.1) is 17.8 Å². The van der Waals surface area contributed by atoms with E-state index in [1.54, 1.807) is 81.4 Å². The van der Waals surface area contributed by atoms with Crippen molar-refractivity contribution < 1.29 is 72.9 Å². The molecule has 15 atom stereocenters. The lowest BCUT2D eigenvalue weighted by Crippen LogP contribution is -2.62. The molecule has 518 valence electrons. The van der Waals surface area contributed by atoms with E-state index in [1.165, 1.54) is 26.4 Å². The second-order valence-corrected chi connectivity index (χ2v) is 24.8. The summed E-state index contributed by atoms with van der Waals surface area (Å²) in [5.74, 6) is -12.0. The second-order valence-electron chi connectivity index (χ2n) is 24.0. The molecule has 1 saturated heterocycles. The summed E-state index contributed by atoms with van der Waals surface area (Å²) in [6.45, 7) is 12.3. The van der Waals surface area contributed by atoms with Crippen LogP contribution in [0.3, 0.4) is 0 Å². The summed E-state index contributed by atoms with van der Waals surface area (Å²) in [7, 11) is 0. The number of rotatable bonds is 38. The fraction of sp³-hybridized carbons (Fsp3) is 0.571. The number of carboxylic acid groups (broad SMARTS) is 1. The van der Waals surface area contributed by atoms with Crippen LogP contribution in [0.25, 0.3) is 0 Å². The van der Waals surface area contributed by atoms with E-state index in [0.29, 0.717) is 36.1 Å². The third-order valence-electron chi connectivity index (χ3n) is 16.2. The summed E-state index contributed by atoms with van der Waals surface area (Å²) in [5, 5.41) is 56.7. The summed E-state index contributed by atoms with van der Waals surface area (Å²) >= 11 is 8.71. The smallest absolute Gasteiger partial charge is 0.326 e. The van der Waals surface area contributed by atoms with E-state index < -0.39 is 162 Å². The van der Waals surface area contributed by atoms with Crippen LogP contribution in [-0.2, 0) is 76.8 Å².